The van der Waals surface area contributed by atoms with E-state index in [1.807, 2.05) is 0 Å². The molecule has 1 heterocycles. The zero-order valence-corrected chi connectivity index (χ0v) is 12.9. The summed E-state index contributed by atoms with van der Waals surface area (Å²) in [5, 5.41) is 18.6. The molecule has 2 aromatic rings. The molecule has 2 N–H and O–H groups in total. The zero-order valence-electron chi connectivity index (χ0n) is 12.2. The van der Waals surface area contributed by atoms with Crippen molar-refractivity contribution in [3.05, 3.63) is 58.4 Å². The van der Waals surface area contributed by atoms with E-state index in [0.717, 1.165) is 11.0 Å². The van der Waals surface area contributed by atoms with E-state index < -0.39 is 17.6 Å². The predicted molar refractivity (Wildman–Crippen MR) is 86.3 cm³/mol. The molecule has 0 bridgehead atoms. The highest BCUT2D eigenvalue weighted by Crippen LogP contribution is 2.31. The Balaban J connectivity index is 1.94. The number of halogens is 2. The smallest absolute Gasteiger partial charge is 0.261 e. The maximum Gasteiger partial charge on any atom is 0.261 e. The van der Waals surface area contributed by atoms with Crippen LogP contribution in [-0.4, -0.2) is 22.0 Å². The molecule has 2 amide bonds. The number of aromatic hydroxyl groups is 2. The van der Waals surface area contributed by atoms with Gasteiger partial charge in [0.1, 0.15) is 5.82 Å². The lowest BCUT2D eigenvalue weighted by molar-refractivity contribution is -0.120. The Bertz CT molecular complexity index is 894. The van der Waals surface area contributed by atoms with Gasteiger partial charge in [-0.15, -0.1) is 0 Å². The maximum atomic E-state index is 13.2. The number of hydrogen-bond acceptors (Lipinski definition) is 4. The summed E-state index contributed by atoms with van der Waals surface area (Å²) in [4.78, 5) is 25.5. The fraction of sp³-hybridized carbons (Fsp3) is 0.0588. The minimum atomic E-state index is -0.644. The summed E-state index contributed by atoms with van der Waals surface area (Å²) in [5.41, 5.74) is 0.860. The molecule has 24 heavy (non-hydrogen) atoms. The van der Waals surface area contributed by atoms with Crippen LogP contribution in [0.3, 0.4) is 0 Å². The van der Waals surface area contributed by atoms with Crippen LogP contribution < -0.4 is 4.90 Å². The van der Waals surface area contributed by atoms with Gasteiger partial charge in [-0.05, 0) is 42.0 Å². The third-order valence-corrected chi connectivity index (χ3v) is 3.86. The van der Waals surface area contributed by atoms with Gasteiger partial charge >= 0.3 is 0 Å². The van der Waals surface area contributed by atoms with Gasteiger partial charge in [0.2, 0.25) is 5.91 Å². The number of carbonyl (C=O) groups is 2. The van der Waals surface area contributed by atoms with Crippen molar-refractivity contribution in [1.29, 1.82) is 0 Å². The molecule has 2 aromatic carbocycles. The number of imide groups is 1. The Morgan fingerprint density at radius 2 is 1.83 bits per heavy atom. The SMILES string of the molecule is O=C1CC(=Cc2ccc(O)c(O)c2)C(=O)N1c1ccc(F)c(Cl)c1. The van der Waals surface area contributed by atoms with Gasteiger partial charge in [0, 0.05) is 5.57 Å². The van der Waals surface area contributed by atoms with Crippen molar-refractivity contribution in [3.63, 3.8) is 0 Å². The average Bonchev–Trinajstić information content (AvgIpc) is 2.80. The summed E-state index contributed by atoms with van der Waals surface area (Å²) in [6.07, 6.45) is 1.32. The van der Waals surface area contributed by atoms with Crippen molar-refractivity contribution in [1.82, 2.24) is 0 Å². The molecule has 0 atom stereocenters. The highest BCUT2D eigenvalue weighted by molar-refractivity contribution is 6.32. The van der Waals surface area contributed by atoms with E-state index >= 15 is 0 Å². The Morgan fingerprint density at radius 3 is 2.50 bits per heavy atom. The fourth-order valence-corrected chi connectivity index (χ4v) is 2.58. The van der Waals surface area contributed by atoms with Gasteiger partial charge in [-0.3, -0.25) is 9.59 Å². The number of anilines is 1. The topological polar surface area (TPSA) is 77.8 Å². The van der Waals surface area contributed by atoms with E-state index in [1.165, 1.54) is 36.4 Å². The quantitative estimate of drug-likeness (QED) is 0.496. The Labute approximate surface area is 141 Å². The van der Waals surface area contributed by atoms with Gasteiger partial charge in [0.05, 0.1) is 17.1 Å². The van der Waals surface area contributed by atoms with Crippen LogP contribution in [0.5, 0.6) is 11.5 Å². The van der Waals surface area contributed by atoms with Crippen LogP contribution in [0.15, 0.2) is 42.0 Å². The zero-order chi connectivity index (χ0) is 17.4. The van der Waals surface area contributed by atoms with Crippen LogP contribution in [0.1, 0.15) is 12.0 Å². The molecule has 1 aliphatic rings. The fourth-order valence-electron chi connectivity index (χ4n) is 2.40. The van der Waals surface area contributed by atoms with Crippen LogP contribution >= 0.6 is 11.6 Å². The second-order valence-corrected chi connectivity index (χ2v) is 5.63. The first-order valence-corrected chi connectivity index (χ1v) is 7.29. The summed E-state index contributed by atoms with van der Waals surface area (Å²) >= 11 is 5.70. The predicted octanol–water partition coefficient (Wildman–Crippen LogP) is 3.24. The third kappa shape index (κ3) is 2.83. The molecule has 0 saturated carbocycles. The van der Waals surface area contributed by atoms with Crippen molar-refractivity contribution in [2.75, 3.05) is 4.90 Å². The molecule has 0 aliphatic carbocycles. The highest BCUT2D eigenvalue weighted by Gasteiger charge is 2.35. The van der Waals surface area contributed by atoms with E-state index in [2.05, 4.69) is 0 Å². The number of phenolic OH excluding ortho intramolecular Hbond substituents is 2. The Kier molecular flexibility index (Phi) is 3.99. The molecule has 0 unspecified atom stereocenters. The summed E-state index contributed by atoms with van der Waals surface area (Å²) in [6.45, 7) is 0. The van der Waals surface area contributed by atoms with Gasteiger partial charge in [-0.1, -0.05) is 17.7 Å². The monoisotopic (exact) mass is 347 g/mol. The van der Waals surface area contributed by atoms with E-state index in [1.54, 1.807) is 0 Å². The largest absolute Gasteiger partial charge is 0.504 e. The van der Waals surface area contributed by atoms with Crippen LogP contribution in [-0.2, 0) is 9.59 Å². The van der Waals surface area contributed by atoms with E-state index in [0.29, 0.717) is 5.56 Å². The number of nitrogens with zero attached hydrogens (tertiary/aromatic N) is 1. The lowest BCUT2D eigenvalue weighted by atomic mass is 10.1. The highest BCUT2D eigenvalue weighted by atomic mass is 35.5. The summed E-state index contributed by atoms with van der Waals surface area (Å²) in [5.74, 6) is -2.26. The molecule has 5 nitrogen and oxygen atoms in total. The van der Waals surface area contributed by atoms with E-state index in [4.69, 9.17) is 11.6 Å². The maximum absolute atomic E-state index is 13.2. The molecule has 1 saturated heterocycles. The molecular weight excluding hydrogens is 337 g/mol. The first kappa shape index (κ1) is 16.0. The standard InChI is InChI=1S/C17H11ClFNO4/c18-12-8-11(2-3-13(12)19)20-16(23)7-10(17(20)24)5-9-1-4-14(21)15(22)6-9/h1-6,8,21-22H,7H2. The number of hydrogen-bond donors (Lipinski definition) is 2. The number of amides is 2. The lowest BCUT2D eigenvalue weighted by Gasteiger charge is -2.13. The van der Waals surface area contributed by atoms with Crippen molar-refractivity contribution in [2.24, 2.45) is 0 Å². The second-order valence-electron chi connectivity index (χ2n) is 5.23. The van der Waals surface area contributed by atoms with Crippen LogP contribution in [0, 0.1) is 5.82 Å². The van der Waals surface area contributed by atoms with Crippen LogP contribution in [0.25, 0.3) is 6.08 Å². The van der Waals surface area contributed by atoms with Gasteiger partial charge < -0.3 is 10.2 Å². The van der Waals surface area contributed by atoms with E-state index in [-0.39, 0.29) is 34.2 Å². The van der Waals surface area contributed by atoms with Crippen molar-refractivity contribution in [2.45, 2.75) is 6.42 Å². The third-order valence-electron chi connectivity index (χ3n) is 3.57. The first-order valence-electron chi connectivity index (χ1n) is 6.91. The number of benzene rings is 2. The lowest BCUT2D eigenvalue weighted by Crippen LogP contribution is -2.28. The first-order chi connectivity index (χ1) is 11.4. The van der Waals surface area contributed by atoms with Gasteiger partial charge in [-0.25, -0.2) is 9.29 Å². The average molecular weight is 348 g/mol. The molecule has 0 radical (unpaired) electrons. The molecule has 1 fully saturated rings. The van der Waals surface area contributed by atoms with Gasteiger partial charge in [-0.2, -0.15) is 0 Å². The van der Waals surface area contributed by atoms with Crippen molar-refractivity contribution in [3.8, 4) is 11.5 Å². The molecule has 7 heteroatoms. The molecule has 1 aliphatic heterocycles. The van der Waals surface area contributed by atoms with Crippen molar-refractivity contribution >= 4 is 35.2 Å². The normalized spacial score (nSPS) is 16.2. The number of phenols is 2. The van der Waals surface area contributed by atoms with E-state index in [9.17, 15) is 24.2 Å². The molecule has 0 aromatic heterocycles. The second kappa shape index (κ2) is 5.98. The Hall–Kier alpha value is -2.86. The Morgan fingerprint density at radius 1 is 1.08 bits per heavy atom. The molecular formula is C17H11ClFNO4. The summed E-state index contributed by atoms with van der Waals surface area (Å²) in [6, 6.07) is 7.64. The molecule has 122 valence electrons. The van der Waals surface area contributed by atoms with Crippen LogP contribution in [0.4, 0.5) is 10.1 Å². The van der Waals surface area contributed by atoms with Crippen molar-refractivity contribution < 1.29 is 24.2 Å². The number of carbonyl (C=O) groups excluding carboxylic acids is 2. The summed E-state index contributed by atoms with van der Waals surface area (Å²) in [7, 11) is 0. The minimum Gasteiger partial charge on any atom is -0.504 e. The number of rotatable bonds is 2. The molecule has 0 spiro atoms. The van der Waals surface area contributed by atoms with Gasteiger partial charge in [0.15, 0.2) is 11.5 Å². The molecule has 3 rings (SSSR count). The van der Waals surface area contributed by atoms with Gasteiger partial charge in [0.25, 0.3) is 5.91 Å². The van der Waals surface area contributed by atoms with Crippen LogP contribution in [0.2, 0.25) is 5.02 Å². The minimum absolute atomic E-state index is 0.129. The summed E-state index contributed by atoms with van der Waals surface area (Å²) < 4.78 is 13.2.